The Bertz CT molecular complexity index is 636. The number of carbonyl (C=O) groups excluding carboxylic acids is 2. The van der Waals surface area contributed by atoms with Gasteiger partial charge in [-0.1, -0.05) is 6.58 Å². The molecule has 1 aromatic rings. The quantitative estimate of drug-likeness (QED) is 0.389. The van der Waals surface area contributed by atoms with Crippen LogP contribution >= 0.6 is 0 Å². The lowest BCUT2D eigenvalue weighted by Crippen LogP contribution is -2.42. The third-order valence-corrected chi connectivity index (χ3v) is 2.84. The second-order valence-electron chi connectivity index (χ2n) is 5.65. The molecule has 0 amide bonds. The van der Waals surface area contributed by atoms with Gasteiger partial charge in [0, 0.05) is 25.7 Å². The molecule has 1 aromatic carbocycles. The number of rotatable bonds is 5. The van der Waals surface area contributed by atoms with Crippen molar-refractivity contribution in [3.8, 4) is 5.75 Å². The van der Waals surface area contributed by atoms with E-state index < -0.39 is 17.7 Å². The monoisotopic (exact) mass is 317 g/mol. The molecule has 1 aliphatic heterocycles. The third kappa shape index (κ3) is 4.60. The van der Waals surface area contributed by atoms with Gasteiger partial charge < -0.3 is 19.5 Å². The first kappa shape index (κ1) is 16.6. The van der Waals surface area contributed by atoms with E-state index in [0.29, 0.717) is 18.0 Å². The summed E-state index contributed by atoms with van der Waals surface area (Å²) in [6, 6.07) is 7.05. The van der Waals surface area contributed by atoms with Crippen LogP contribution in [0.2, 0.25) is 0 Å². The minimum absolute atomic E-state index is 0.188. The van der Waals surface area contributed by atoms with E-state index in [2.05, 4.69) is 11.9 Å². The van der Waals surface area contributed by atoms with Crippen LogP contribution in [0.25, 0.3) is 0 Å². The number of carbonyl (C=O) groups is 2. The molecular weight excluding hydrogens is 298 g/mol. The summed E-state index contributed by atoms with van der Waals surface area (Å²) in [5, 5.41) is 2.86. The first-order valence-corrected chi connectivity index (χ1v) is 7.07. The van der Waals surface area contributed by atoms with Crippen LogP contribution in [0, 0.1) is 0 Å². The maximum Gasteiger partial charge on any atom is 0.350 e. The van der Waals surface area contributed by atoms with Gasteiger partial charge >= 0.3 is 11.9 Å². The lowest BCUT2D eigenvalue weighted by atomic mass is 10.2. The largest absolute Gasteiger partial charge is 0.489 e. The highest BCUT2D eigenvalue weighted by molar-refractivity contribution is 6.15. The molecule has 0 saturated carbocycles. The van der Waals surface area contributed by atoms with Crippen molar-refractivity contribution in [2.24, 2.45) is 0 Å². The van der Waals surface area contributed by atoms with E-state index in [-0.39, 0.29) is 5.57 Å². The smallest absolute Gasteiger partial charge is 0.350 e. The lowest BCUT2D eigenvalue weighted by Gasteiger charge is -2.29. The Balaban J connectivity index is 2.01. The fourth-order valence-electron chi connectivity index (χ4n) is 1.79. The second kappa shape index (κ2) is 6.56. The highest BCUT2D eigenvalue weighted by Crippen LogP contribution is 2.23. The Kier molecular flexibility index (Phi) is 4.74. The van der Waals surface area contributed by atoms with Crippen molar-refractivity contribution in [2.45, 2.75) is 26.6 Å². The molecule has 0 aromatic heterocycles. The van der Waals surface area contributed by atoms with Crippen molar-refractivity contribution in [3.05, 3.63) is 48.2 Å². The van der Waals surface area contributed by atoms with E-state index in [0.717, 1.165) is 5.57 Å². The van der Waals surface area contributed by atoms with Gasteiger partial charge in [0.25, 0.3) is 5.79 Å². The highest BCUT2D eigenvalue weighted by atomic mass is 16.7. The van der Waals surface area contributed by atoms with Crippen molar-refractivity contribution in [2.75, 3.05) is 11.9 Å². The van der Waals surface area contributed by atoms with Crippen LogP contribution in [0.5, 0.6) is 5.75 Å². The van der Waals surface area contributed by atoms with Crippen molar-refractivity contribution in [1.29, 1.82) is 0 Å². The molecule has 1 heterocycles. The third-order valence-electron chi connectivity index (χ3n) is 2.84. The number of benzene rings is 1. The number of esters is 2. The molecule has 0 spiro atoms. The van der Waals surface area contributed by atoms with E-state index in [1.807, 2.05) is 6.92 Å². The molecule has 1 aliphatic rings. The first-order valence-electron chi connectivity index (χ1n) is 7.07. The maximum absolute atomic E-state index is 11.8. The van der Waals surface area contributed by atoms with Gasteiger partial charge in [0.2, 0.25) is 0 Å². The summed E-state index contributed by atoms with van der Waals surface area (Å²) in [6.07, 6.45) is 1.27. The molecule has 0 radical (unpaired) electrons. The fraction of sp³-hybridized carbons (Fsp3) is 0.294. The number of nitrogens with one attached hydrogen (secondary N) is 1. The molecule has 1 saturated heterocycles. The minimum atomic E-state index is -1.24. The van der Waals surface area contributed by atoms with Gasteiger partial charge in [0.15, 0.2) is 5.57 Å². The zero-order valence-corrected chi connectivity index (χ0v) is 13.3. The maximum atomic E-state index is 11.8. The Morgan fingerprint density at radius 3 is 2.30 bits per heavy atom. The van der Waals surface area contributed by atoms with Crippen molar-refractivity contribution >= 4 is 17.6 Å². The molecule has 1 N–H and O–H groups in total. The van der Waals surface area contributed by atoms with Gasteiger partial charge in [0.1, 0.15) is 12.4 Å². The Hall–Kier alpha value is -2.76. The number of hydrogen-bond acceptors (Lipinski definition) is 6. The molecular formula is C17H19NO5. The second-order valence-corrected chi connectivity index (χ2v) is 5.65. The molecule has 23 heavy (non-hydrogen) atoms. The molecule has 6 heteroatoms. The summed E-state index contributed by atoms with van der Waals surface area (Å²) in [5.74, 6) is -1.99. The summed E-state index contributed by atoms with van der Waals surface area (Å²) in [6.45, 7) is 9.08. The van der Waals surface area contributed by atoms with E-state index in [1.165, 1.54) is 20.0 Å². The van der Waals surface area contributed by atoms with E-state index in [1.54, 1.807) is 24.3 Å². The molecule has 0 atom stereocenters. The Morgan fingerprint density at radius 1 is 1.22 bits per heavy atom. The van der Waals surface area contributed by atoms with Crippen LogP contribution in [-0.4, -0.2) is 24.3 Å². The van der Waals surface area contributed by atoms with Crippen LogP contribution in [0.3, 0.4) is 0 Å². The normalized spacial score (nSPS) is 16.2. The van der Waals surface area contributed by atoms with E-state index >= 15 is 0 Å². The summed E-state index contributed by atoms with van der Waals surface area (Å²) >= 11 is 0. The van der Waals surface area contributed by atoms with Crippen LogP contribution in [0.4, 0.5) is 5.69 Å². The molecule has 0 unspecified atom stereocenters. The molecule has 0 bridgehead atoms. The number of ether oxygens (including phenoxy) is 3. The number of hydrogen-bond donors (Lipinski definition) is 1. The van der Waals surface area contributed by atoms with Gasteiger partial charge in [-0.3, -0.25) is 0 Å². The predicted molar refractivity (Wildman–Crippen MR) is 84.7 cm³/mol. The summed E-state index contributed by atoms with van der Waals surface area (Å²) in [5.41, 5.74) is 1.42. The van der Waals surface area contributed by atoms with Gasteiger partial charge in [-0.25, -0.2) is 9.59 Å². The van der Waals surface area contributed by atoms with Crippen LogP contribution < -0.4 is 10.1 Å². The Morgan fingerprint density at radius 2 is 1.78 bits per heavy atom. The van der Waals surface area contributed by atoms with E-state index in [9.17, 15) is 9.59 Å². The average Bonchev–Trinajstić information content (AvgIpc) is 2.44. The number of cyclic esters (lactones) is 2. The van der Waals surface area contributed by atoms with E-state index in [4.69, 9.17) is 14.2 Å². The summed E-state index contributed by atoms with van der Waals surface area (Å²) in [4.78, 5) is 23.6. The van der Waals surface area contributed by atoms with Gasteiger partial charge in [-0.2, -0.15) is 0 Å². The predicted octanol–water partition coefficient (Wildman–Crippen LogP) is 2.77. The van der Waals surface area contributed by atoms with Gasteiger partial charge in [0.05, 0.1) is 0 Å². The molecule has 6 nitrogen and oxygen atoms in total. The number of anilines is 1. The van der Waals surface area contributed by atoms with Crippen molar-refractivity contribution < 1.29 is 23.8 Å². The lowest BCUT2D eigenvalue weighted by molar-refractivity contribution is -0.222. The fourth-order valence-corrected chi connectivity index (χ4v) is 1.79. The molecule has 0 aliphatic carbocycles. The van der Waals surface area contributed by atoms with Crippen LogP contribution in [0.15, 0.2) is 48.2 Å². The topological polar surface area (TPSA) is 73.9 Å². The van der Waals surface area contributed by atoms with Crippen LogP contribution in [-0.2, 0) is 19.1 Å². The van der Waals surface area contributed by atoms with Gasteiger partial charge in [-0.15, -0.1) is 0 Å². The molecule has 122 valence electrons. The average molecular weight is 317 g/mol. The minimum Gasteiger partial charge on any atom is -0.489 e. The van der Waals surface area contributed by atoms with Crippen LogP contribution in [0.1, 0.15) is 20.8 Å². The SMILES string of the molecule is C=C(C)COc1ccc(NC=C2C(=O)OC(C)(C)OC2=O)cc1. The zero-order valence-electron chi connectivity index (χ0n) is 13.3. The van der Waals surface area contributed by atoms with Crippen molar-refractivity contribution in [3.63, 3.8) is 0 Å². The summed E-state index contributed by atoms with van der Waals surface area (Å²) in [7, 11) is 0. The molecule has 1 fully saturated rings. The molecule has 2 rings (SSSR count). The Labute approximate surface area is 134 Å². The zero-order chi connectivity index (χ0) is 17.0. The van der Waals surface area contributed by atoms with Gasteiger partial charge in [-0.05, 0) is 36.8 Å². The highest BCUT2D eigenvalue weighted by Gasteiger charge is 2.38. The standard InChI is InChI=1S/C17H19NO5/c1-11(2)10-21-13-7-5-12(6-8-13)18-9-14-15(19)22-17(3,4)23-16(14)20/h5-9,18H,1,10H2,2-4H3. The van der Waals surface area contributed by atoms with Crippen molar-refractivity contribution in [1.82, 2.24) is 0 Å². The first-order chi connectivity index (χ1) is 10.8. The summed E-state index contributed by atoms with van der Waals surface area (Å²) < 4.78 is 15.5.